The number of amides is 1. The summed E-state index contributed by atoms with van der Waals surface area (Å²) in [6, 6.07) is 7.99. The number of piperazine rings is 1. The molecule has 2 fully saturated rings. The Morgan fingerprint density at radius 1 is 1.10 bits per heavy atom. The number of hydrogen-bond acceptors (Lipinski definition) is 6. The number of aryl methyl sites for hydroxylation is 1. The Bertz CT molecular complexity index is 924. The van der Waals surface area contributed by atoms with E-state index in [4.69, 9.17) is 9.72 Å². The number of hydrogen-bond donors (Lipinski definition) is 1. The molecule has 1 saturated carbocycles. The number of methoxy groups -OCH3 is 1. The molecule has 31 heavy (non-hydrogen) atoms. The third kappa shape index (κ3) is 5.29. The molecular formula is C23H30BrN5O2. The van der Waals surface area contributed by atoms with Crippen molar-refractivity contribution in [2.75, 3.05) is 43.5 Å². The Kier molecular flexibility index (Phi) is 6.95. The van der Waals surface area contributed by atoms with Crippen LogP contribution in [-0.2, 0) is 0 Å². The molecule has 166 valence electrons. The van der Waals surface area contributed by atoms with Crippen LogP contribution in [0.1, 0.15) is 48.2 Å². The van der Waals surface area contributed by atoms with Gasteiger partial charge in [-0.3, -0.25) is 4.79 Å². The summed E-state index contributed by atoms with van der Waals surface area (Å²) in [5.41, 5.74) is 1.59. The minimum atomic E-state index is 0.0175. The number of rotatable bonds is 5. The van der Waals surface area contributed by atoms with Gasteiger partial charge >= 0.3 is 0 Å². The molecule has 1 aliphatic heterocycles. The summed E-state index contributed by atoms with van der Waals surface area (Å²) >= 11 is 3.49. The SMILES string of the molecule is COc1ccc(Br)c(C(=O)N2CCN(c3cc(C)nc(NC4CCCCC4)n3)CC2)c1. The quantitative estimate of drug-likeness (QED) is 0.678. The van der Waals surface area contributed by atoms with Gasteiger partial charge in [0.1, 0.15) is 11.6 Å². The second-order valence-electron chi connectivity index (χ2n) is 8.30. The molecule has 2 aromatic rings. The van der Waals surface area contributed by atoms with E-state index in [1.165, 1.54) is 32.1 Å². The molecular weight excluding hydrogens is 458 g/mol. The zero-order valence-corrected chi connectivity index (χ0v) is 19.8. The molecule has 2 heterocycles. The third-order valence-corrected chi connectivity index (χ3v) is 6.77. The van der Waals surface area contributed by atoms with Crippen LogP contribution in [-0.4, -0.2) is 60.1 Å². The summed E-state index contributed by atoms with van der Waals surface area (Å²) in [5, 5.41) is 3.54. The number of carbonyl (C=O) groups excluding carboxylic acids is 1. The molecule has 1 N–H and O–H groups in total. The van der Waals surface area contributed by atoms with Gasteiger partial charge in [-0.1, -0.05) is 19.3 Å². The first-order valence-corrected chi connectivity index (χ1v) is 11.8. The second kappa shape index (κ2) is 9.85. The first-order chi connectivity index (χ1) is 15.0. The van der Waals surface area contributed by atoms with Gasteiger partial charge in [0.15, 0.2) is 0 Å². The predicted octanol–water partition coefficient (Wildman–Crippen LogP) is 4.26. The van der Waals surface area contributed by atoms with Crippen LogP contribution in [0.15, 0.2) is 28.7 Å². The molecule has 8 heteroatoms. The van der Waals surface area contributed by atoms with Crippen LogP contribution in [0, 0.1) is 6.92 Å². The average Bonchev–Trinajstić information content (AvgIpc) is 2.79. The largest absolute Gasteiger partial charge is 0.497 e. The molecule has 0 radical (unpaired) electrons. The zero-order valence-electron chi connectivity index (χ0n) is 18.2. The number of nitrogens with one attached hydrogen (secondary N) is 1. The van der Waals surface area contributed by atoms with Crippen LogP contribution in [0.25, 0.3) is 0 Å². The molecule has 2 aliphatic rings. The summed E-state index contributed by atoms with van der Waals surface area (Å²) < 4.78 is 6.06. The van der Waals surface area contributed by atoms with E-state index in [0.29, 0.717) is 30.4 Å². The van der Waals surface area contributed by atoms with Crippen molar-refractivity contribution in [3.8, 4) is 5.75 Å². The van der Waals surface area contributed by atoms with Crippen LogP contribution in [0.5, 0.6) is 5.75 Å². The Morgan fingerprint density at radius 2 is 1.84 bits per heavy atom. The second-order valence-corrected chi connectivity index (χ2v) is 9.15. The van der Waals surface area contributed by atoms with Gasteiger partial charge in [0, 0.05) is 48.5 Å². The van der Waals surface area contributed by atoms with Gasteiger partial charge in [0.25, 0.3) is 5.91 Å². The van der Waals surface area contributed by atoms with E-state index >= 15 is 0 Å². The number of benzene rings is 1. The zero-order chi connectivity index (χ0) is 21.8. The van der Waals surface area contributed by atoms with E-state index in [-0.39, 0.29) is 5.91 Å². The Labute approximate surface area is 192 Å². The van der Waals surface area contributed by atoms with Crippen LogP contribution in [0.2, 0.25) is 0 Å². The standard InChI is InChI=1S/C23H30BrN5O2/c1-16-14-21(27-23(25-16)26-17-6-4-3-5-7-17)28-10-12-29(13-11-28)22(30)19-15-18(31-2)8-9-20(19)24/h8-9,14-15,17H,3-7,10-13H2,1-2H3,(H,25,26,27). The fraction of sp³-hybridized carbons (Fsp3) is 0.522. The van der Waals surface area contributed by atoms with Crippen LogP contribution in [0.4, 0.5) is 11.8 Å². The van der Waals surface area contributed by atoms with Crippen LogP contribution < -0.4 is 15.0 Å². The molecule has 1 aromatic heterocycles. The van der Waals surface area contributed by atoms with E-state index in [1.54, 1.807) is 13.2 Å². The number of aromatic nitrogens is 2. The van der Waals surface area contributed by atoms with Crippen LogP contribution in [0.3, 0.4) is 0 Å². The van der Waals surface area contributed by atoms with E-state index in [9.17, 15) is 4.79 Å². The fourth-order valence-electron chi connectivity index (χ4n) is 4.31. The summed E-state index contributed by atoms with van der Waals surface area (Å²) in [6.07, 6.45) is 6.25. The molecule has 1 saturated heterocycles. The Hall–Kier alpha value is -2.35. The summed E-state index contributed by atoms with van der Waals surface area (Å²) in [7, 11) is 1.61. The first kappa shape index (κ1) is 21.9. The molecule has 0 bridgehead atoms. The highest BCUT2D eigenvalue weighted by Crippen LogP contribution is 2.26. The van der Waals surface area contributed by atoms with Gasteiger partial charge in [0.2, 0.25) is 5.95 Å². The maximum atomic E-state index is 13.0. The van der Waals surface area contributed by atoms with Crippen molar-refractivity contribution in [3.05, 3.63) is 40.0 Å². The molecule has 1 aliphatic carbocycles. The van der Waals surface area contributed by atoms with Crippen molar-refractivity contribution in [1.82, 2.24) is 14.9 Å². The van der Waals surface area contributed by atoms with E-state index in [2.05, 4.69) is 31.1 Å². The van der Waals surface area contributed by atoms with Crippen molar-refractivity contribution in [2.45, 2.75) is 45.1 Å². The Balaban J connectivity index is 1.41. The van der Waals surface area contributed by atoms with E-state index in [0.717, 1.165) is 35.0 Å². The minimum Gasteiger partial charge on any atom is -0.497 e. The monoisotopic (exact) mass is 487 g/mol. The Morgan fingerprint density at radius 3 is 2.55 bits per heavy atom. The highest BCUT2D eigenvalue weighted by Gasteiger charge is 2.25. The number of ether oxygens (including phenoxy) is 1. The molecule has 1 aromatic carbocycles. The minimum absolute atomic E-state index is 0.0175. The lowest BCUT2D eigenvalue weighted by Gasteiger charge is -2.36. The number of nitrogens with zero attached hydrogens (tertiary/aromatic N) is 4. The lowest BCUT2D eigenvalue weighted by Crippen LogP contribution is -2.49. The number of anilines is 2. The highest BCUT2D eigenvalue weighted by molar-refractivity contribution is 9.10. The maximum Gasteiger partial charge on any atom is 0.255 e. The van der Waals surface area contributed by atoms with Crippen molar-refractivity contribution < 1.29 is 9.53 Å². The van der Waals surface area contributed by atoms with Gasteiger partial charge in [-0.2, -0.15) is 4.98 Å². The number of carbonyl (C=O) groups is 1. The third-order valence-electron chi connectivity index (χ3n) is 6.07. The average molecular weight is 488 g/mol. The maximum absolute atomic E-state index is 13.0. The van der Waals surface area contributed by atoms with Gasteiger partial charge in [-0.15, -0.1) is 0 Å². The molecule has 0 atom stereocenters. The van der Waals surface area contributed by atoms with Crippen molar-refractivity contribution in [3.63, 3.8) is 0 Å². The van der Waals surface area contributed by atoms with Crippen molar-refractivity contribution in [2.24, 2.45) is 0 Å². The lowest BCUT2D eigenvalue weighted by molar-refractivity contribution is 0.0745. The highest BCUT2D eigenvalue weighted by atomic mass is 79.9. The van der Waals surface area contributed by atoms with E-state index < -0.39 is 0 Å². The van der Waals surface area contributed by atoms with Gasteiger partial charge in [0.05, 0.1) is 12.7 Å². The predicted molar refractivity (Wildman–Crippen MR) is 126 cm³/mol. The molecule has 7 nitrogen and oxygen atoms in total. The van der Waals surface area contributed by atoms with Crippen molar-refractivity contribution in [1.29, 1.82) is 0 Å². The number of halogens is 1. The molecule has 1 amide bonds. The smallest absolute Gasteiger partial charge is 0.255 e. The normalized spacial score (nSPS) is 17.5. The van der Waals surface area contributed by atoms with Crippen molar-refractivity contribution >= 4 is 33.6 Å². The summed E-state index contributed by atoms with van der Waals surface area (Å²) in [4.78, 5) is 26.6. The fourth-order valence-corrected chi connectivity index (χ4v) is 4.73. The van der Waals surface area contributed by atoms with Crippen LogP contribution >= 0.6 is 15.9 Å². The van der Waals surface area contributed by atoms with Gasteiger partial charge < -0.3 is 19.9 Å². The summed E-state index contributed by atoms with van der Waals surface area (Å²) in [6.45, 7) is 4.80. The van der Waals surface area contributed by atoms with Gasteiger partial charge in [-0.25, -0.2) is 4.98 Å². The molecule has 0 spiro atoms. The molecule has 0 unspecified atom stereocenters. The molecule has 4 rings (SSSR count). The van der Waals surface area contributed by atoms with E-state index in [1.807, 2.05) is 30.0 Å². The summed E-state index contributed by atoms with van der Waals surface area (Å²) in [5.74, 6) is 2.35. The first-order valence-electron chi connectivity index (χ1n) is 11.0. The van der Waals surface area contributed by atoms with Gasteiger partial charge in [-0.05, 0) is 53.9 Å². The lowest BCUT2D eigenvalue weighted by atomic mass is 9.96. The topological polar surface area (TPSA) is 70.6 Å².